The third-order valence-electron chi connectivity index (χ3n) is 4.92. The lowest BCUT2D eigenvalue weighted by atomic mass is 10.2. The van der Waals surface area contributed by atoms with Gasteiger partial charge >= 0.3 is 0 Å². The second-order valence-corrected chi connectivity index (χ2v) is 6.62. The molecule has 1 atom stereocenters. The van der Waals surface area contributed by atoms with E-state index >= 15 is 0 Å². The quantitative estimate of drug-likeness (QED) is 0.863. The smallest absolute Gasteiger partial charge is 0.247 e. The summed E-state index contributed by atoms with van der Waals surface area (Å²) in [6.45, 7) is 5.37. The number of nitrogens with zero attached hydrogens (tertiary/aromatic N) is 4. The van der Waals surface area contributed by atoms with E-state index in [2.05, 4.69) is 22.0 Å². The van der Waals surface area contributed by atoms with E-state index in [1.807, 2.05) is 35.2 Å². The van der Waals surface area contributed by atoms with Crippen LogP contribution < -0.4 is 0 Å². The minimum absolute atomic E-state index is 0.0631. The Bertz CT molecular complexity index is 703. The number of aromatic nitrogens is 2. The minimum atomic E-state index is 0.0631. The number of amides is 1. The van der Waals surface area contributed by atoms with Gasteiger partial charge in [0, 0.05) is 37.7 Å². The fraction of sp³-hybridized carbons (Fsp3) is 0.500. The Hall–Kier alpha value is -2.21. The molecule has 0 radical (unpaired) electrons. The fourth-order valence-corrected chi connectivity index (χ4v) is 3.18. The van der Waals surface area contributed by atoms with Gasteiger partial charge in [0.25, 0.3) is 0 Å². The first-order valence-electron chi connectivity index (χ1n) is 8.64. The molecule has 1 saturated heterocycles. The molecule has 1 saturated carbocycles. The molecule has 2 heterocycles. The normalized spacial score (nSPS) is 20.1. The summed E-state index contributed by atoms with van der Waals surface area (Å²) in [5.41, 5.74) is 0.934. The number of carbonyl (C=O) groups is 1. The third kappa shape index (κ3) is 3.06. The monoisotopic (exact) mass is 326 g/mol. The molecule has 0 bridgehead atoms. The molecule has 126 valence electrons. The van der Waals surface area contributed by atoms with Gasteiger partial charge in [-0.3, -0.25) is 9.69 Å². The highest BCUT2D eigenvalue weighted by Gasteiger charge is 2.35. The molecule has 1 aliphatic heterocycles. The molecular formula is C18H22N4O2. The van der Waals surface area contributed by atoms with Gasteiger partial charge in [-0.1, -0.05) is 18.2 Å². The molecule has 24 heavy (non-hydrogen) atoms. The van der Waals surface area contributed by atoms with Crippen LogP contribution in [0.5, 0.6) is 0 Å². The number of benzene rings is 1. The molecule has 2 fully saturated rings. The molecule has 1 unspecified atom stereocenters. The van der Waals surface area contributed by atoms with Crippen LogP contribution >= 0.6 is 0 Å². The summed E-state index contributed by atoms with van der Waals surface area (Å²) in [7, 11) is 0. The lowest BCUT2D eigenvalue weighted by molar-refractivity contribution is -0.134. The lowest BCUT2D eigenvalue weighted by Gasteiger charge is -2.37. The summed E-state index contributed by atoms with van der Waals surface area (Å²) in [6, 6.07) is 9.87. The van der Waals surface area contributed by atoms with Crippen LogP contribution in [0.25, 0.3) is 11.5 Å². The molecule has 6 nitrogen and oxygen atoms in total. The van der Waals surface area contributed by atoms with E-state index in [0.717, 1.165) is 44.6 Å². The third-order valence-corrected chi connectivity index (χ3v) is 4.92. The predicted octanol–water partition coefficient (Wildman–Crippen LogP) is 2.35. The highest BCUT2D eigenvalue weighted by molar-refractivity contribution is 5.81. The summed E-state index contributed by atoms with van der Waals surface area (Å²) in [5.74, 6) is 1.83. The first kappa shape index (κ1) is 15.3. The van der Waals surface area contributed by atoms with Crippen LogP contribution in [0.4, 0.5) is 0 Å². The largest absolute Gasteiger partial charge is 0.419 e. The van der Waals surface area contributed by atoms with Crippen LogP contribution in [0, 0.1) is 5.92 Å². The van der Waals surface area contributed by atoms with Crippen LogP contribution in [0.15, 0.2) is 34.7 Å². The van der Waals surface area contributed by atoms with E-state index in [9.17, 15) is 4.79 Å². The number of carbonyl (C=O) groups excluding carboxylic acids is 1. The highest BCUT2D eigenvalue weighted by Crippen LogP contribution is 2.32. The van der Waals surface area contributed by atoms with Crippen molar-refractivity contribution in [1.29, 1.82) is 0 Å². The van der Waals surface area contributed by atoms with E-state index in [0.29, 0.717) is 23.6 Å². The van der Waals surface area contributed by atoms with Crippen LogP contribution in [-0.2, 0) is 4.79 Å². The zero-order valence-corrected chi connectivity index (χ0v) is 13.9. The lowest BCUT2D eigenvalue weighted by Crippen LogP contribution is -2.49. The van der Waals surface area contributed by atoms with Gasteiger partial charge in [0.05, 0.1) is 6.04 Å². The second kappa shape index (κ2) is 6.36. The van der Waals surface area contributed by atoms with Gasteiger partial charge in [-0.15, -0.1) is 10.2 Å². The summed E-state index contributed by atoms with van der Waals surface area (Å²) in [5, 5.41) is 8.39. The summed E-state index contributed by atoms with van der Waals surface area (Å²) < 4.78 is 5.86. The molecule has 0 N–H and O–H groups in total. The summed E-state index contributed by atoms with van der Waals surface area (Å²) in [4.78, 5) is 16.4. The van der Waals surface area contributed by atoms with Gasteiger partial charge in [-0.25, -0.2) is 0 Å². The zero-order chi connectivity index (χ0) is 16.5. The van der Waals surface area contributed by atoms with Gasteiger partial charge in [0.15, 0.2) is 0 Å². The average Bonchev–Trinajstić information content (AvgIpc) is 3.38. The molecule has 2 aromatic rings. The van der Waals surface area contributed by atoms with Crippen LogP contribution in [0.1, 0.15) is 31.7 Å². The molecule has 6 heteroatoms. The Labute approximate surface area is 141 Å². The topological polar surface area (TPSA) is 62.5 Å². The van der Waals surface area contributed by atoms with Gasteiger partial charge in [-0.2, -0.15) is 0 Å². The first-order chi connectivity index (χ1) is 11.7. The number of hydrogen-bond acceptors (Lipinski definition) is 5. The predicted molar refractivity (Wildman–Crippen MR) is 89.0 cm³/mol. The minimum Gasteiger partial charge on any atom is -0.419 e. The molecule has 1 aromatic carbocycles. The Morgan fingerprint density at radius 2 is 1.83 bits per heavy atom. The van der Waals surface area contributed by atoms with E-state index in [4.69, 9.17) is 4.42 Å². The van der Waals surface area contributed by atoms with Crippen molar-refractivity contribution in [3.63, 3.8) is 0 Å². The van der Waals surface area contributed by atoms with Crippen LogP contribution in [0.2, 0.25) is 0 Å². The van der Waals surface area contributed by atoms with Gasteiger partial charge < -0.3 is 9.32 Å². The SMILES string of the molecule is CC(c1nnc(-c2ccccc2)o1)N1CCN(C(=O)C2CC2)CC1. The number of hydrogen-bond donors (Lipinski definition) is 0. The molecule has 1 aliphatic carbocycles. The van der Waals surface area contributed by atoms with Crippen molar-refractivity contribution in [3.8, 4) is 11.5 Å². The van der Waals surface area contributed by atoms with Crippen LogP contribution in [-0.4, -0.2) is 52.1 Å². The maximum absolute atomic E-state index is 12.1. The van der Waals surface area contributed by atoms with Crippen molar-refractivity contribution in [2.75, 3.05) is 26.2 Å². The van der Waals surface area contributed by atoms with Crippen molar-refractivity contribution in [3.05, 3.63) is 36.2 Å². The molecule has 1 aromatic heterocycles. The van der Waals surface area contributed by atoms with Crippen molar-refractivity contribution in [1.82, 2.24) is 20.0 Å². The van der Waals surface area contributed by atoms with Gasteiger partial charge in [0.1, 0.15) is 0 Å². The molecule has 4 rings (SSSR count). The van der Waals surface area contributed by atoms with Crippen LogP contribution in [0.3, 0.4) is 0 Å². The molecule has 2 aliphatic rings. The Balaban J connectivity index is 1.39. The number of rotatable bonds is 4. The molecular weight excluding hydrogens is 304 g/mol. The maximum atomic E-state index is 12.1. The van der Waals surface area contributed by atoms with Crippen molar-refractivity contribution in [2.45, 2.75) is 25.8 Å². The first-order valence-corrected chi connectivity index (χ1v) is 8.64. The molecule has 0 spiro atoms. The zero-order valence-electron chi connectivity index (χ0n) is 13.9. The summed E-state index contributed by atoms with van der Waals surface area (Å²) in [6.07, 6.45) is 2.14. The van der Waals surface area contributed by atoms with E-state index in [1.165, 1.54) is 0 Å². The van der Waals surface area contributed by atoms with E-state index in [1.54, 1.807) is 0 Å². The second-order valence-electron chi connectivity index (χ2n) is 6.62. The maximum Gasteiger partial charge on any atom is 0.247 e. The van der Waals surface area contributed by atoms with Crippen molar-refractivity contribution in [2.24, 2.45) is 5.92 Å². The Morgan fingerprint density at radius 1 is 1.12 bits per heavy atom. The van der Waals surface area contributed by atoms with Crippen molar-refractivity contribution < 1.29 is 9.21 Å². The Morgan fingerprint density at radius 3 is 2.50 bits per heavy atom. The van der Waals surface area contributed by atoms with E-state index < -0.39 is 0 Å². The number of piperazine rings is 1. The average molecular weight is 326 g/mol. The van der Waals surface area contributed by atoms with Crippen molar-refractivity contribution >= 4 is 5.91 Å². The van der Waals surface area contributed by atoms with Gasteiger partial charge in [-0.05, 0) is 31.9 Å². The van der Waals surface area contributed by atoms with Gasteiger partial charge in [0.2, 0.25) is 17.7 Å². The molecule has 1 amide bonds. The fourth-order valence-electron chi connectivity index (χ4n) is 3.18. The standard InChI is InChI=1S/C18H22N4O2/c1-13(16-19-20-17(24-16)14-5-3-2-4-6-14)21-9-11-22(12-10-21)18(23)15-7-8-15/h2-6,13,15H,7-12H2,1H3. The van der Waals surface area contributed by atoms with E-state index in [-0.39, 0.29) is 6.04 Å². The Kier molecular flexibility index (Phi) is 4.06. The highest BCUT2D eigenvalue weighted by atomic mass is 16.4. The summed E-state index contributed by atoms with van der Waals surface area (Å²) >= 11 is 0.